The van der Waals surface area contributed by atoms with Gasteiger partial charge in [-0.2, -0.15) is 0 Å². The van der Waals surface area contributed by atoms with Gasteiger partial charge in [-0.3, -0.25) is 34.2 Å². The maximum Gasteiger partial charge on any atom is 0.305 e. The number of aromatic amines is 1. The third-order valence-electron chi connectivity index (χ3n) is 10.4. The fourth-order valence-electron chi connectivity index (χ4n) is 8.61. The first kappa shape index (κ1) is 29.7. The van der Waals surface area contributed by atoms with Gasteiger partial charge < -0.3 is 14.6 Å². The summed E-state index contributed by atoms with van der Waals surface area (Å²) in [4.78, 5) is 71.1. The average molecular weight is 681 g/mol. The number of nitrogens with one attached hydrogen (secondary N) is 1. The summed E-state index contributed by atoms with van der Waals surface area (Å²) in [6, 6.07) is 10.8. The molecular weight excluding hydrogens is 652 g/mol. The van der Waals surface area contributed by atoms with Gasteiger partial charge in [0.15, 0.2) is 6.61 Å². The van der Waals surface area contributed by atoms with E-state index in [-0.39, 0.29) is 63.8 Å². The van der Waals surface area contributed by atoms with Gasteiger partial charge in [-0.25, -0.2) is 0 Å². The molecule has 11 nitrogen and oxygen atoms in total. The maximum atomic E-state index is 14.0. The number of anilines is 1. The minimum Gasteiger partial charge on any atom is -0.483 e. The van der Waals surface area contributed by atoms with Crippen LogP contribution in [0.4, 0.5) is 11.4 Å². The molecule has 0 radical (unpaired) electrons. The van der Waals surface area contributed by atoms with Gasteiger partial charge in [0, 0.05) is 51.9 Å². The number of carbonyl (C=O) groups excluding carboxylic acids is 3. The molecule has 0 spiro atoms. The molecule has 3 amide bonds. The number of likely N-dealkylation sites (tertiary alicyclic amines) is 1. The predicted octanol–water partition coefficient (Wildman–Crippen LogP) is 5.07. The molecular formula is C32H29ClN4O7S2. The summed E-state index contributed by atoms with van der Waals surface area (Å²) in [5.41, 5.74) is 0.971. The van der Waals surface area contributed by atoms with E-state index in [0.29, 0.717) is 22.9 Å². The van der Waals surface area contributed by atoms with Crippen LogP contribution >= 0.6 is 34.7 Å². The number of piperidine rings is 1. The van der Waals surface area contributed by atoms with Crippen LogP contribution in [0.15, 0.2) is 52.3 Å². The van der Waals surface area contributed by atoms with E-state index in [1.807, 2.05) is 11.0 Å². The Morgan fingerprint density at radius 2 is 1.74 bits per heavy atom. The lowest BCUT2D eigenvalue weighted by atomic mass is 9.68. The van der Waals surface area contributed by atoms with Crippen LogP contribution in [0.3, 0.4) is 0 Å². The first-order valence-electron chi connectivity index (χ1n) is 15.4. The molecule has 3 aliphatic heterocycles. The molecule has 1 N–H and O–H groups in total. The van der Waals surface area contributed by atoms with Crippen molar-refractivity contribution in [3.05, 3.63) is 77.7 Å². The molecule has 5 aliphatic rings. The van der Waals surface area contributed by atoms with Crippen molar-refractivity contribution in [3.63, 3.8) is 0 Å². The summed E-state index contributed by atoms with van der Waals surface area (Å²) in [5.74, 6) is -1.87. The van der Waals surface area contributed by atoms with Gasteiger partial charge >= 0.3 is 4.87 Å². The van der Waals surface area contributed by atoms with E-state index < -0.39 is 16.8 Å². The molecule has 2 bridgehead atoms. The van der Waals surface area contributed by atoms with Crippen molar-refractivity contribution >= 4 is 63.8 Å². The van der Waals surface area contributed by atoms with Gasteiger partial charge in [0.2, 0.25) is 11.8 Å². The standard InChI is InChI=1S/C32H29ClN4O7S2/c33-15-4-9-21(44-14-22(38)35-10-2-1-3-11-35)18(12-15)23-24-19-13-20(27(24)45-29-28(23)46-32(41)34-29)26-25(19)30(39)36(31(26)40)16-5-7-17(8-6-16)37(42)43/h4-9,12,19-20,23-27H,1-3,10-11,13-14H2,(H,34,41)/t19-,20-,23-,24?,25?,26?,27?/m1/s1. The van der Waals surface area contributed by atoms with E-state index in [4.69, 9.17) is 16.3 Å². The lowest BCUT2D eigenvalue weighted by Gasteiger charge is -2.43. The lowest BCUT2D eigenvalue weighted by molar-refractivity contribution is -0.384. The zero-order valence-electron chi connectivity index (χ0n) is 24.4. The van der Waals surface area contributed by atoms with E-state index in [1.165, 1.54) is 29.2 Å². The fraction of sp³-hybridized carbons (Fsp3) is 0.438. The number of nitro benzene ring substituents is 1. The summed E-state index contributed by atoms with van der Waals surface area (Å²) < 4.78 is 6.22. The molecule has 2 aromatic carbocycles. The van der Waals surface area contributed by atoms with E-state index >= 15 is 0 Å². The number of thiazole rings is 1. The summed E-state index contributed by atoms with van der Waals surface area (Å²) in [5, 5.41) is 12.4. The molecule has 1 aromatic heterocycles. The Morgan fingerprint density at radius 1 is 1.02 bits per heavy atom. The van der Waals surface area contributed by atoms with Crippen LogP contribution in [0, 0.1) is 39.7 Å². The third kappa shape index (κ3) is 4.61. The van der Waals surface area contributed by atoms with Crippen molar-refractivity contribution in [2.75, 3.05) is 24.6 Å². The summed E-state index contributed by atoms with van der Waals surface area (Å²) in [6.45, 7) is 1.32. The number of hydrogen-bond acceptors (Lipinski definition) is 9. The molecule has 2 saturated carbocycles. The zero-order valence-corrected chi connectivity index (χ0v) is 26.8. The van der Waals surface area contributed by atoms with Crippen LogP contribution in [0.2, 0.25) is 5.02 Å². The number of rotatable bonds is 6. The van der Waals surface area contributed by atoms with Crippen molar-refractivity contribution < 1.29 is 24.0 Å². The summed E-state index contributed by atoms with van der Waals surface area (Å²) in [7, 11) is 0. The smallest absolute Gasteiger partial charge is 0.305 e. The van der Waals surface area contributed by atoms with Gasteiger partial charge in [-0.05, 0) is 73.8 Å². The highest BCUT2D eigenvalue weighted by Crippen LogP contribution is 2.69. The van der Waals surface area contributed by atoms with E-state index in [1.54, 1.807) is 23.9 Å². The first-order valence-corrected chi connectivity index (χ1v) is 17.5. The van der Waals surface area contributed by atoms with Crippen molar-refractivity contribution in [1.29, 1.82) is 0 Å². The highest BCUT2D eigenvalue weighted by molar-refractivity contribution is 8.00. The monoisotopic (exact) mass is 680 g/mol. The second-order valence-corrected chi connectivity index (χ2v) is 15.3. The number of amides is 3. The molecule has 4 unspecified atom stereocenters. The number of aromatic nitrogens is 1. The number of carbonyl (C=O) groups is 3. The van der Waals surface area contributed by atoms with E-state index in [0.717, 1.165) is 59.2 Å². The molecule has 7 atom stereocenters. The third-order valence-corrected chi connectivity index (χ3v) is 13.2. The number of nitro groups is 1. The molecule has 14 heteroatoms. The largest absolute Gasteiger partial charge is 0.483 e. The number of non-ortho nitro benzene ring substituents is 1. The van der Waals surface area contributed by atoms with Crippen LogP contribution in [-0.4, -0.2) is 57.5 Å². The Morgan fingerprint density at radius 3 is 2.46 bits per heavy atom. The number of H-pyrrole nitrogens is 1. The van der Waals surface area contributed by atoms with Crippen LogP contribution < -0.4 is 14.5 Å². The summed E-state index contributed by atoms with van der Waals surface area (Å²) in [6.07, 6.45) is 3.76. The minimum atomic E-state index is -0.543. The molecule has 238 valence electrons. The van der Waals surface area contributed by atoms with Crippen LogP contribution in [0.5, 0.6) is 5.75 Å². The zero-order chi connectivity index (χ0) is 31.9. The van der Waals surface area contributed by atoms with Gasteiger partial charge in [0.1, 0.15) is 5.75 Å². The number of fused-ring (bicyclic) bond motifs is 9. The number of hydrogen-bond donors (Lipinski definition) is 1. The van der Waals surface area contributed by atoms with Gasteiger partial charge in [0.05, 0.1) is 27.5 Å². The Balaban J connectivity index is 1.15. The molecule has 46 heavy (non-hydrogen) atoms. The van der Waals surface area contributed by atoms with Crippen molar-refractivity contribution in [2.24, 2.45) is 29.6 Å². The first-order chi connectivity index (χ1) is 22.2. The van der Waals surface area contributed by atoms with E-state index in [9.17, 15) is 29.3 Å². The predicted molar refractivity (Wildman–Crippen MR) is 171 cm³/mol. The minimum absolute atomic E-state index is 0.0515. The topological polar surface area (TPSA) is 143 Å². The number of imide groups is 1. The lowest BCUT2D eigenvalue weighted by Crippen LogP contribution is -2.43. The Hall–Kier alpha value is -3.68. The maximum absolute atomic E-state index is 14.0. The number of nitrogens with zero attached hydrogens (tertiary/aromatic N) is 3. The van der Waals surface area contributed by atoms with Crippen molar-refractivity contribution in [2.45, 2.75) is 41.9 Å². The second kappa shape index (κ2) is 11.2. The van der Waals surface area contributed by atoms with Gasteiger partial charge in [0.25, 0.3) is 11.6 Å². The van der Waals surface area contributed by atoms with E-state index in [2.05, 4.69) is 4.98 Å². The molecule has 4 heterocycles. The van der Waals surface area contributed by atoms with Crippen molar-refractivity contribution in [3.8, 4) is 5.75 Å². The number of thioether (sulfide) groups is 1. The second-order valence-electron chi connectivity index (χ2n) is 12.7. The normalized spacial score (nSPS) is 29.5. The van der Waals surface area contributed by atoms with Crippen LogP contribution in [-0.2, 0) is 14.4 Å². The highest BCUT2D eigenvalue weighted by atomic mass is 35.5. The quantitative estimate of drug-likeness (QED) is 0.216. The van der Waals surface area contributed by atoms with Crippen molar-refractivity contribution in [1.82, 2.24) is 9.88 Å². The Labute approximate surface area is 276 Å². The Bertz CT molecular complexity index is 1840. The average Bonchev–Trinajstić information content (AvgIpc) is 3.79. The Kier molecular flexibility index (Phi) is 7.26. The molecule has 3 aromatic rings. The number of ether oxygens (including phenoxy) is 1. The number of halogens is 1. The SMILES string of the molecule is O=C(COc1ccc(Cl)cc1[C@H]1c2sc(=O)[nH]c2SC2C1[C@H]1C[C@@H]2C2C(=O)N(c3ccc([N+](=O)[O-])cc3)C(=O)C21)N1CCCCC1. The molecule has 8 rings (SSSR count). The molecule has 4 fully saturated rings. The molecule has 2 aliphatic carbocycles. The molecule has 2 saturated heterocycles. The van der Waals surface area contributed by atoms with Gasteiger partial charge in [-0.15, -0.1) is 11.8 Å². The van der Waals surface area contributed by atoms with Gasteiger partial charge in [-0.1, -0.05) is 22.9 Å². The summed E-state index contributed by atoms with van der Waals surface area (Å²) >= 11 is 9.28. The fourth-order valence-corrected chi connectivity index (χ4v) is 11.7. The number of benzene rings is 2. The highest BCUT2D eigenvalue weighted by Gasteiger charge is 2.70. The van der Waals surface area contributed by atoms with Crippen LogP contribution in [0.1, 0.15) is 42.0 Å². The van der Waals surface area contributed by atoms with Crippen LogP contribution in [0.25, 0.3) is 0 Å².